The third-order valence-electron chi connectivity index (χ3n) is 6.00. The van der Waals surface area contributed by atoms with E-state index in [0.717, 1.165) is 31.7 Å². The van der Waals surface area contributed by atoms with Gasteiger partial charge in [-0.25, -0.2) is 4.68 Å². The summed E-state index contributed by atoms with van der Waals surface area (Å²) in [7, 11) is 0. The van der Waals surface area contributed by atoms with Crippen LogP contribution in [-0.2, 0) is 6.54 Å². The van der Waals surface area contributed by atoms with Gasteiger partial charge in [-0.3, -0.25) is 9.69 Å². The SMILES string of the molecule is Cc1nn(Cc2ccccc2Cl)c(Cl)c1C(=O)N1CCN(C2CCCC2)CC1. The van der Waals surface area contributed by atoms with Gasteiger partial charge in [0.05, 0.1) is 17.8 Å². The minimum absolute atomic E-state index is 0.0148. The Kier molecular flexibility index (Phi) is 5.95. The van der Waals surface area contributed by atoms with E-state index >= 15 is 0 Å². The lowest BCUT2D eigenvalue weighted by Crippen LogP contribution is -2.51. The first kappa shape index (κ1) is 19.7. The number of halogens is 2. The lowest BCUT2D eigenvalue weighted by molar-refractivity contribution is 0.0573. The van der Waals surface area contributed by atoms with Crippen molar-refractivity contribution in [3.05, 3.63) is 51.3 Å². The molecule has 0 N–H and O–H groups in total. The lowest BCUT2D eigenvalue weighted by atomic mass is 10.1. The predicted octanol–water partition coefficient (Wildman–Crippen LogP) is 4.25. The topological polar surface area (TPSA) is 41.4 Å². The van der Waals surface area contributed by atoms with Crippen molar-refractivity contribution < 1.29 is 4.79 Å². The van der Waals surface area contributed by atoms with Crippen LogP contribution in [0.15, 0.2) is 24.3 Å². The fourth-order valence-corrected chi connectivity index (χ4v) is 4.92. The molecule has 0 atom stereocenters. The van der Waals surface area contributed by atoms with Crippen molar-refractivity contribution in [3.63, 3.8) is 0 Å². The molecular weight excluding hydrogens is 395 g/mol. The average molecular weight is 421 g/mol. The number of carbonyl (C=O) groups is 1. The van der Waals surface area contributed by atoms with E-state index in [0.29, 0.717) is 34.0 Å². The van der Waals surface area contributed by atoms with Gasteiger partial charge in [0.25, 0.3) is 5.91 Å². The second-order valence-corrected chi connectivity index (χ2v) is 8.53. The highest BCUT2D eigenvalue weighted by molar-refractivity contribution is 6.33. The Morgan fingerprint density at radius 3 is 2.46 bits per heavy atom. The summed E-state index contributed by atoms with van der Waals surface area (Å²) in [5.74, 6) is -0.0148. The van der Waals surface area contributed by atoms with Crippen LogP contribution in [0.2, 0.25) is 10.2 Å². The molecule has 0 bridgehead atoms. The van der Waals surface area contributed by atoms with Gasteiger partial charge in [-0.2, -0.15) is 5.10 Å². The number of hydrogen-bond donors (Lipinski definition) is 0. The van der Waals surface area contributed by atoms with Gasteiger partial charge < -0.3 is 4.90 Å². The molecule has 2 heterocycles. The molecule has 150 valence electrons. The first-order valence-corrected chi connectivity index (χ1v) is 10.8. The number of nitrogens with zero attached hydrogens (tertiary/aromatic N) is 4. The highest BCUT2D eigenvalue weighted by Gasteiger charge is 2.31. The van der Waals surface area contributed by atoms with Crippen molar-refractivity contribution in [2.45, 2.75) is 45.2 Å². The van der Waals surface area contributed by atoms with Crippen molar-refractivity contribution >= 4 is 29.1 Å². The normalized spacial score (nSPS) is 18.8. The zero-order chi connectivity index (χ0) is 19.7. The van der Waals surface area contributed by atoms with Gasteiger partial charge in [-0.1, -0.05) is 54.2 Å². The van der Waals surface area contributed by atoms with E-state index in [1.807, 2.05) is 36.1 Å². The molecular formula is C21H26Cl2N4O. The van der Waals surface area contributed by atoms with Crippen LogP contribution in [0, 0.1) is 6.92 Å². The van der Waals surface area contributed by atoms with Gasteiger partial charge in [-0.15, -0.1) is 0 Å². The number of rotatable bonds is 4. The predicted molar refractivity (Wildman–Crippen MR) is 112 cm³/mol. The second kappa shape index (κ2) is 8.44. The summed E-state index contributed by atoms with van der Waals surface area (Å²) in [5.41, 5.74) is 2.11. The summed E-state index contributed by atoms with van der Waals surface area (Å²) in [4.78, 5) is 17.6. The molecule has 2 aromatic rings. The fourth-order valence-electron chi connectivity index (χ4n) is 4.41. The maximum atomic E-state index is 13.1. The van der Waals surface area contributed by atoms with Crippen LogP contribution in [0.3, 0.4) is 0 Å². The van der Waals surface area contributed by atoms with Gasteiger partial charge in [-0.05, 0) is 31.4 Å². The summed E-state index contributed by atoms with van der Waals surface area (Å²) in [6.07, 6.45) is 5.27. The molecule has 0 unspecified atom stereocenters. The van der Waals surface area contributed by atoms with Crippen LogP contribution in [0.25, 0.3) is 0 Å². The Bertz CT molecular complexity index is 852. The molecule has 7 heteroatoms. The molecule has 0 radical (unpaired) electrons. The van der Waals surface area contributed by atoms with E-state index < -0.39 is 0 Å². The largest absolute Gasteiger partial charge is 0.336 e. The lowest BCUT2D eigenvalue weighted by Gasteiger charge is -2.38. The molecule has 1 amide bonds. The highest BCUT2D eigenvalue weighted by Crippen LogP contribution is 2.27. The van der Waals surface area contributed by atoms with Crippen LogP contribution >= 0.6 is 23.2 Å². The Balaban J connectivity index is 1.46. The minimum Gasteiger partial charge on any atom is -0.336 e. The number of hydrogen-bond acceptors (Lipinski definition) is 3. The average Bonchev–Trinajstić information content (AvgIpc) is 3.32. The third kappa shape index (κ3) is 3.93. The Morgan fingerprint density at radius 1 is 1.11 bits per heavy atom. The molecule has 1 saturated heterocycles. The quantitative estimate of drug-likeness (QED) is 0.742. The second-order valence-electron chi connectivity index (χ2n) is 7.77. The Morgan fingerprint density at radius 2 is 1.79 bits per heavy atom. The minimum atomic E-state index is -0.0148. The number of piperazine rings is 1. The van der Waals surface area contributed by atoms with E-state index in [-0.39, 0.29) is 5.91 Å². The maximum absolute atomic E-state index is 13.1. The molecule has 28 heavy (non-hydrogen) atoms. The zero-order valence-corrected chi connectivity index (χ0v) is 17.7. The molecule has 1 aliphatic heterocycles. The van der Waals surface area contributed by atoms with E-state index in [1.165, 1.54) is 25.7 Å². The van der Waals surface area contributed by atoms with Crippen molar-refractivity contribution in [2.75, 3.05) is 26.2 Å². The van der Waals surface area contributed by atoms with Gasteiger partial charge in [0.15, 0.2) is 0 Å². The van der Waals surface area contributed by atoms with Gasteiger partial charge >= 0.3 is 0 Å². The number of aryl methyl sites for hydroxylation is 1. The van der Waals surface area contributed by atoms with E-state index in [2.05, 4.69) is 10.00 Å². The summed E-state index contributed by atoms with van der Waals surface area (Å²) < 4.78 is 1.67. The standard InChI is InChI=1S/C21H26Cl2N4O/c1-15-19(20(23)27(24-15)14-16-6-2-5-9-18(16)22)21(28)26-12-10-25(11-13-26)17-7-3-4-8-17/h2,5-6,9,17H,3-4,7-8,10-14H2,1H3. The molecule has 1 aliphatic carbocycles. The van der Waals surface area contributed by atoms with Crippen LogP contribution in [0.1, 0.15) is 47.3 Å². The summed E-state index contributed by atoms with van der Waals surface area (Å²) in [6.45, 7) is 5.68. The van der Waals surface area contributed by atoms with Crippen LogP contribution in [-0.4, -0.2) is 57.7 Å². The number of benzene rings is 1. The smallest absolute Gasteiger partial charge is 0.258 e. The van der Waals surface area contributed by atoms with Crippen molar-refractivity contribution in [1.29, 1.82) is 0 Å². The number of aromatic nitrogens is 2. The van der Waals surface area contributed by atoms with E-state index in [4.69, 9.17) is 23.2 Å². The van der Waals surface area contributed by atoms with Crippen LogP contribution in [0.4, 0.5) is 0 Å². The number of carbonyl (C=O) groups excluding carboxylic acids is 1. The zero-order valence-electron chi connectivity index (χ0n) is 16.2. The van der Waals surface area contributed by atoms with Crippen LogP contribution in [0.5, 0.6) is 0 Å². The molecule has 5 nitrogen and oxygen atoms in total. The third-order valence-corrected chi connectivity index (χ3v) is 6.75. The molecule has 1 aromatic heterocycles. The molecule has 1 aromatic carbocycles. The van der Waals surface area contributed by atoms with Crippen molar-refractivity contribution in [2.24, 2.45) is 0 Å². The number of amides is 1. The highest BCUT2D eigenvalue weighted by atomic mass is 35.5. The van der Waals surface area contributed by atoms with E-state index in [9.17, 15) is 4.79 Å². The molecule has 2 fully saturated rings. The summed E-state index contributed by atoms with van der Waals surface area (Å²) >= 11 is 12.8. The maximum Gasteiger partial charge on any atom is 0.258 e. The van der Waals surface area contributed by atoms with Gasteiger partial charge in [0, 0.05) is 37.2 Å². The summed E-state index contributed by atoms with van der Waals surface area (Å²) in [5, 5.41) is 5.57. The monoisotopic (exact) mass is 420 g/mol. The fraction of sp³-hybridized carbons (Fsp3) is 0.524. The summed E-state index contributed by atoms with van der Waals surface area (Å²) in [6, 6.07) is 8.32. The molecule has 1 saturated carbocycles. The van der Waals surface area contributed by atoms with Crippen molar-refractivity contribution in [1.82, 2.24) is 19.6 Å². The van der Waals surface area contributed by atoms with Gasteiger partial charge in [0.1, 0.15) is 5.15 Å². The van der Waals surface area contributed by atoms with Crippen LogP contribution < -0.4 is 0 Å². The Labute approximate surface area is 176 Å². The first-order valence-electron chi connectivity index (χ1n) is 10.0. The van der Waals surface area contributed by atoms with E-state index in [1.54, 1.807) is 4.68 Å². The first-order chi connectivity index (χ1) is 13.5. The Hall–Kier alpha value is -1.56. The van der Waals surface area contributed by atoms with Crippen molar-refractivity contribution in [3.8, 4) is 0 Å². The van der Waals surface area contributed by atoms with Gasteiger partial charge in [0.2, 0.25) is 0 Å². The molecule has 4 rings (SSSR count). The molecule has 0 spiro atoms. The molecule has 2 aliphatic rings.